The number of benzene rings is 1. The fourth-order valence-corrected chi connectivity index (χ4v) is 3.30. The number of aliphatic carboxylic acids is 1. The molecule has 1 heterocycles. The monoisotopic (exact) mass is 386 g/mol. The molecule has 1 aliphatic rings. The smallest absolute Gasteiger partial charge is 0.469 e. The molecule has 1 aliphatic heterocycles. The molecule has 1 aromatic carbocycles. The Morgan fingerprint density at radius 3 is 2.58 bits per heavy atom. The molecule has 1 unspecified atom stereocenters. The molecule has 1 saturated heterocycles. The van der Waals surface area contributed by atoms with Crippen LogP contribution >= 0.6 is 7.82 Å². The summed E-state index contributed by atoms with van der Waals surface area (Å²) >= 11 is 0. The summed E-state index contributed by atoms with van der Waals surface area (Å²) in [5.41, 5.74) is 0.848. The van der Waals surface area contributed by atoms with Crippen molar-refractivity contribution < 1.29 is 33.6 Å². The summed E-state index contributed by atoms with van der Waals surface area (Å²) < 4.78 is 15.5. The van der Waals surface area contributed by atoms with Gasteiger partial charge in [-0.25, -0.2) is 14.2 Å². The number of hydrogen-bond acceptors (Lipinski definition) is 4. The number of carbonyl (C=O) groups is 2. The quantitative estimate of drug-likeness (QED) is 0.519. The molecule has 4 N–H and O–H groups in total. The highest BCUT2D eigenvalue weighted by Crippen LogP contribution is 2.35. The van der Waals surface area contributed by atoms with Crippen LogP contribution in [0.1, 0.15) is 24.8 Å². The van der Waals surface area contributed by atoms with Crippen LogP contribution in [0.4, 0.5) is 4.79 Å². The summed E-state index contributed by atoms with van der Waals surface area (Å²) in [7, 11) is -4.69. The highest BCUT2D eigenvalue weighted by molar-refractivity contribution is 7.46. The maximum absolute atomic E-state index is 12.5. The Bertz CT molecular complexity index is 664. The average molecular weight is 386 g/mol. The van der Waals surface area contributed by atoms with E-state index in [9.17, 15) is 19.3 Å². The van der Waals surface area contributed by atoms with Gasteiger partial charge in [-0.1, -0.05) is 30.3 Å². The van der Waals surface area contributed by atoms with Gasteiger partial charge in [0.15, 0.2) is 0 Å². The number of phosphoric ester groups is 1. The number of amides is 2. The number of likely N-dealkylation sites (tertiary alicyclic amines) is 1. The zero-order valence-corrected chi connectivity index (χ0v) is 15.0. The second-order valence-corrected chi connectivity index (χ2v) is 7.41. The van der Waals surface area contributed by atoms with E-state index in [2.05, 4.69) is 9.84 Å². The van der Waals surface area contributed by atoms with Crippen LogP contribution in [0.15, 0.2) is 30.3 Å². The highest BCUT2D eigenvalue weighted by Gasteiger charge is 2.33. The highest BCUT2D eigenvalue weighted by atomic mass is 31.2. The summed E-state index contributed by atoms with van der Waals surface area (Å²) in [6.07, 6.45) is 2.11. The lowest BCUT2D eigenvalue weighted by molar-refractivity contribution is -0.143. The van der Waals surface area contributed by atoms with Crippen LogP contribution in [-0.4, -0.2) is 57.0 Å². The average Bonchev–Trinajstić information content (AvgIpc) is 2.60. The van der Waals surface area contributed by atoms with Gasteiger partial charge in [0.05, 0.1) is 12.6 Å². The second-order valence-electron chi connectivity index (χ2n) is 6.17. The fraction of sp³-hybridized carbons (Fsp3) is 0.500. The Morgan fingerprint density at radius 1 is 1.27 bits per heavy atom. The summed E-state index contributed by atoms with van der Waals surface area (Å²) in [5.74, 6) is -1.06. The van der Waals surface area contributed by atoms with Crippen molar-refractivity contribution in [3.63, 3.8) is 0 Å². The molecule has 26 heavy (non-hydrogen) atoms. The van der Waals surface area contributed by atoms with Crippen molar-refractivity contribution in [1.29, 1.82) is 0 Å². The number of phosphoric acid groups is 1. The van der Waals surface area contributed by atoms with E-state index in [0.29, 0.717) is 19.4 Å². The second kappa shape index (κ2) is 9.14. The van der Waals surface area contributed by atoms with E-state index in [1.807, 2.05) is 30.3 Å². The van der Waals surface area contributed by atoms with E-state index < -0.39 is 38.5 Å². The number of rotatable bonds is 7. The van der Waals surface area contributed by atoms with Crippen molar-refractivity contribution in [1.82, 2.24) is 10.2 Å². The summed E-state index contributed by atoms with van der Waals surface area (Å²) in [6, 6.07) is 6.89. The molecule has 2 atom stereocenters. The Labute approximate surface area is 151 Å². The lowest BCUT2D eigenvalue weighted by Crippen LogP contribution is -2.54. The first-order valence-corrected chi connectivity index (χ1v) is 9.83. The Kier molecular flexibility index (Phi) is 7.16. The van der Waals surface area contributed by atoms with Crippen molar-refractivity contribution in [2.24, 2.45) is 0 Å². The van der Waals surface area contributed by atoms with Crippen LogP contribution < -0.4 is 5.32 Å². The van der Waals surface area contributed by atoms with E-state index >= 15 is 0 Å². The summed E-state index contributed by atoms with van der Waals surface area (Å²) in [6.45, 7) is -0.0727. The SMILES string of the molecule is O=C(O)[C@@H]1CCCCN1C(=O)NC(COP(=O)(O)O)Cc1ccccc1. The minimum Gasteiger partial charge on any atom is -0.480 e. The predicted octanol–water partition coefficient (Wildman–Crippen LogP) is 1.36. The van der Waals surface area contributed by atoms with Crippen molar-refractivity contribution >= 4 is 19.8 Å². The van der Waals surface area contributed by atoms with Crippen molar-refractivity contribution in [2.75, 3.05) is 13.2 Å². The molecule has 10 heteroatoms. The number of nitrogens with one attached hydrogen (secondary N) is 1. The predicted molar refractivity (Wildman–Crippen MR) is 92.4 cm³/mol. The standard InChI is InChI=1S/C16H23N2O7P/c19-15(20)14-8-4-5-9-18(14)16(21)17-13(11-25-26(22,23)24)10-12-6-2-1-3-7-12/h1-3,6-7,13-14H,4-5,8-11H2,(H,17,21)(H,19,20)(H2,22,23,24)/t13?,14-/m0/s1. The first-order valence-electron chi connectivity index (χ1n) is 8.30. The summed E-state index contributed by atoms with van der Waals surface area (Å²) in [4.78, 5) is 43.0. The van der Waals surface area contributed by atoms with Crippen LogP contribution in [0.5, 0.6) is 0 Å². The first kappa shape index (κ1) is 20.4. The van der Waals surface area contributed by atoms with Crippen molar-refractivity contribution in [2.45, 2.75) is 37.8 Å². The Balaban J connectivity index is 2.07. The van der Waals surface area contributed by atoms with E-state index in [4.69, 9.17) is 9.79 Å². The zero-order chi connectivity index (χ0) is 19.2. The number of carboxylic acids is 1. The molecule has 1 aromatic rings. The van der Waals surface area contributed by atoms with Crippen LogP contribution in [0, 0.1) is 0 Å². The summed E-state index contributed by atoms with van der Waals surface area (Å²) in [5, 5.41) is 11.9. The fourth-order valence-electron chi connectivity index (χ4n) is 2.93. The van der Waals surface area contributed by atoms with Gasteiger partial charge in [-0.15, -0.1) is 0 Å². The van der Waals surface area contributed by atoms with Gasteiger partial charge in [0.25, 0.3) is 0 Å². The maximum atomic E-state index is 12.5. The van der Waals surface area contributed by atoms with Crippen molar-refractivity contribution in [3.05, 3.63) is 35.9 Å². The lowest BCUT2D eigenvalue weighted by atomic mass is 10.0. The van der Waals surface area contributed by atoms with E-state index in [1.54, 1.807) is 0 Å². The van der Waals surface area contributed by atoms with Crippen LogP contribution in [0.3, 0.4) is 0 Å². The molecule has 9 nitrogen and oxygen atoms in total. The molecule has 0 radical (unpaired) electrons. The minimum atomic E-state index is -4.69. The van der Waals surface area contributed by atoms with Gasteiger partial charge in [0, 0.05) is 6.54 Å². The number of piperidine rings is 1. The topological polar surface area (TPSA) is 136 Å². The van der Waals surface area contributed by atoms with Gasteiger partial charge in [-0.2, -0.15) is 0 Å². The van der Waals surface area contributed by atoms with Gasteiger partial charge in [0.2, 0.25) is 0 Å². The number of nitrogens with zero attached hydrogens (tertiary/aromatic N) is 1. The lowest BCUT2D eigenvalue weighted by Gasteiger charge is -2.34. The number of carbonyl (C=O) groups excluding carboxylic acids is 1. The van der Waals surface area contributed by atoms with Crippen LogP contribution in [-0.2, 0) is 20.3 Å². The molecule has 0 bridgehead atoms. The molecule has 0 aliphatic carbocycles. The molecule has 0 aromatic heterocycles. The van der Waals surface area contributed by atoms with E-state index in [1.165, 1.54) is 4.90 Å². The van der Waals surface area contributed by atoms with Gasteiger partial charge in [-0.05, 0) is 31.2 Å². The molecule has 0 spiro atoms. The molecular formula is C16H23N2O7P. The van der Waals surface area contributed by atoms with Crippen LogP contribution in [0.2, 0.25) is 0 Å². The van der Waals surface area contributed by atoms with Gasteiger partial charge < -0.3 is 25.1 Å². The number of hydrogen-bond donors (Lipinski definition) is 4. The molecular weight excluding hydrogens is 363 g/mol. The number of urea groups is 1. The molecule has 1 fully saturated rings. The van der Waals surface area contributed by atoms with Crippen LogP contribution in [0.25, 0.3) is 0 Å². The van der Waals surface area contributed by atoms with Crippen molar-refractivity contribution in [3.8, 4) is 0 Å². The molecule has 2 rings (SSSR count). The Morgan fingerprint density at radius 2 is 1.96 bits per heavy atom. The van der Waals surface area contributed by atoms with E-state index in [-0.39, 0.29) is 6.42 Å². The van der Waals surface area contributed by atoms with Gasteiger partial charge in [0.1, 0.15) is 6.04 Å². The van der Waals surface area contributed by atoms with E-state index in [0.717, 1.165) is 12.0 Å². The first-order chi connectivity index (χ1) is 12.3. The minimum absolute atomic E-state index is 0.290. The third-order valence-electron chi connectivity index (χ3n) is 4.15. The third-order valence-corrected chi connectivity index (χ3v) is 4.63. The zero-order valence-electron chi connectivity index (χ0n) is 14.2. The van der Waals surface area contributed by atoms with Gasteiger partial charge in [-0.3, -0.25) is 4.52 Å². The normalized spacial score (nSPS) is 19.0. The maximum Gasteiger partial charge on any atom is 0.469 e. The largest absolute Gasteiger partial charge is 0.480 e. The molecule has 0 saturated carbocycles. The Hall–Kier alpha value is -1.93. The third kappa shape index (κ3) is 6.42. The van der Waals surface area contributed by atoms with Gasteiger partial charge >= 0.3 is 19.8 Å². The number of carboxylic acid groups (broad SMARTS) is 1. The molecule has 2 amide bonds. The molecule has 144 valence electrons.